The largest absolute Gasteiger partial charge is 0.479 e. The second-order valence-corrected chi connectivity index (χ2v) is 7.80. The van der Waals surface area contributed by atoms with Crippen LogP contribution in [0.1, 0.15) is 23.2 Å². The molecule has 0 atom stereocenters. The summed E-state index contributed by atoms with van der Waals surface area (Å²) in [5.74, 6) is 0.547. The number of fused-ring (bicyclic) bond motifs is 1. The number of benzene rings is 1. The van der Waals surface area contributed by atoms with Crippen LogP contribution in [0, 0.1) is 13.8 Å². The number of hydrogen-bond donors (Lipinski definition) is 1. The Morgan fingerprint density at radius 3 is 2.71 bits per heavy atom. The number of para-hydroxylation sites is 2. The lowest BCUT2D eigenvalue weighted by atomic mass is 10.00. The fourth-order valence-corrected chi connectivity index (χ4v) is 4.22. The van der Waals surface area contributed by atoms with Gasteiger partial charge in [0.2, 0.25) is 11.8 Å². The molecule has 1 saturated heterocycles. The van der Waals surface area contributed by atoms with Gasteiger partial charge in [-0.25, -0.2) is 9.67 Å². The van der Waals surface area contributed by atoms with Crippen molar-refractivity contribution in [2.75, 3.05) is 43.6 Å². The van der Waals surface area contributed by atoms with Crippen LogP contribution in [0.3, 0.4) is 0 Å². The molecule has 164 valence electrons. The van der Waals surface area contributed by atoms with Crippen LogP contribution in [-0.4, -0.2) is 54.1 Å². The highest BCUT2D eigenvalue weighted by Gasteiger charge is 2.19. The zero-order valence-corrected chi connectivity index (χ0v) is 18.6. The van der Waals surface area contributed by atoms with E-state index in [2.05, 4.69) is 15.3 Å². The molecule has 0 radical (unpaired) electrons. The Labute approximate surface area is 182 Å². The smallest absolute Gasteiger partial charge is 0.242 e. The average molecular weight is 424 g/mol. The quantitative estimate of drug-likeness (QED) is 0.656. The van der Waals surface area contributed by atoms with Crippen LogP contribution in [0.4, 0.5) is 11.4 Å². The van der Waals surface area contributed by atoms with Crippen molar-refractivity contribution < 1.29 is 14.3 Å². The Balaban J connectivity index is 1.51. The van der Waals surface area contributed by atoms with E-state index in [0.29, 0.717) is 31.9 Å². The summed E-state index contributed by atoms with van der Waals surface area (Å²) in [6.45, 7) is 7.07. The summed E-state index contributed by atoms with van der Waals surface area (Å²) in [5, 5.41) is 8.40. The molecule has 0 spiro atoms. The molecule has 3 aromatic rings. The fourth-order valence-electron chi connectivity index (χ4n) is 4.22. The summed E-state index contributed by atoms with van der Waals surface area (Å²) in [5.41, 5.74) is 5.71. The van der Waals surface area contributed by atoms with Crippen molar-refractivity contribution >= 4 is 28.3 Å². The molecule has 2 aromatic heterocycles. The van der Waals surface area contributed by atoms with Crippen LogP contribution in [0.15, 0.2) is 24.3 Å². The number of ether oxygens (including phenoxy) is 2. The first-order chi connectivity index (χ1) is 15.0. The van der Waals surface area contributed by atoms with E-state index in [9.17, 15) is 4.79 Å². The lowest BCUT2D eigenvalue weighted by Crippen LogP contribution is -2.36. The van der Waals surface area contributed by atoms with Gasteiger partial charge in [-0.05, 0) is 43.5 Å². The van der Waals surface area contributed by atoms with Crippen LogP contribution in [0.25, 0.3) is 11.0 Å². The Morgan fingerprint density at radius 1 is 1.23 bits per heavy atom. The van der Waals surface area contributed by atoms with Gasteiger partial charge in [0.05, 0.1) is 37.1 Å². The molecule has 8 heteroatoms. The zero-order chi connectivity index (χ0) is 22.0. The number of rotatable bonds is 6. The highest BCUT2D eigenvalue weighted by Crippen LogP contribution is 2.31. The summed E-state index contributed by atoms with van der Waals surface area (Å²) >= 11 is 0. The number of aromatic nitrogens is 3. The van der Waals surface area contributed by atoms with E-state index >= 15 is 0 Å². The Morgan fingerprint density at radius 2 is 1.97 bits per heavy atom. The maximum atomic E-state index is 12.8. The third-order valence-corrected chi connectivity index (χ3v) is 5.85. The maximum Gasteiger partial charge on any atom is 0.242 e. The first-order valence-corrected chi connectivity index (χ1v) is 10.6. The van der Waals surface area contributed by atoms with Crippen molar-refractivity contribution in [3.8, 4) is 5.88 Å². The van der Waals surface area contributed by atoms with Gasteiger partial charge in [-0.3, -0.25) is 4.79 Å². The van der Waals surface area contributed by atoms with E-state index in [4.69, 9.17) is 14.5 Å². The molecule has 1 amide bonds. The third kappa shape index (κ3) is 4.20. The van der Waals surface area contributed by atoms with Gasteiger partial charge >= 0.3 is 0 Å². The van der Waals surface area contributed by atoms with Gasteiger partial charge in [0.1, 0.15) is 0 Å². The maximum absolute atomic E-state index is 12.8. The second kappa shape index (κ2) is 8.93. The number of nitrogens with zero attached hydrogens (tertiary/aromatic N) is 4. The van der Waals surface area contributed by atoms with E-state index in [1.807, 2.05) is 45.2 Å². The third-order valence-electron chi connectivity index (χ3n) is 5.85. The average Bonchev–Trinajstić information content (AvgIpc) is 3.10. The lowest BCUT2D eigenvalue weighted by molar-refractivity contribution is -0.116. The number of carbonyl (C=O) groups excluding carboxylic acids is 1. The van der Waals surface area contributed by atoms with Crippen molar-refractivity contribution in [2.24, 2.45) is 7.05 Å². The molecule has 1 N–H and O–H groups in total. The topological polar surface area (TPSA) is 81.5 Å². The summed E-state index contributed by atoms with van der Waals surface area (Å²) in [7, 11) is 3.47. The van der Waals surface area contributed by atoms with E-state index < -0.39 is 0 Å². The summed E-state index contributed by atoms with van der Waals surface area (Å²) < 4.78 is 12.6. The standard InChI is InChI=1S/C23H29N5O3/c1-15-17(16(2)24-22-21(15)23(30-4)26-27(22)3)9-10-20(29)25-18-7-5-6-8-19(18)28-11-13-31-14-12-28/h5-8H,9-14H2,1-4H3,(H,25,29). The van der Waals surface area contributed by atoms with E-state index in [-0.39, 0.29) is 5.91 Å². The van der Waals surface area contributed by atoms with Crippen LogP contribution in [0.5, 0.6) is 5.88 Å². The number of hydrogen-bond acceptors (Lipinski definition) is 6. The minimum atomic E-state index is -0.0160. The molecule has 3 heterocycles. The van der Waals surface area contributed by atoms with Crippen molar-refractivity contribution in [1.82, 2.24) is 14.8 Å². The van der Waals surface area contributed by atoms with Crippen LogP contribution in [-0.2, 0) is 23.0 Å². The number of anilines is 2. The molecule has 0 bridgehead atoms. The number of amides is 1. The van der Waals surface area contributed by atoms with Crippen molar-refractivity contribution in [2.45, 2.75) is 26.7 Å². The number of morpholine rings is 1. The first kappa shape index (κ1) is 21.1. The van der Waals surface area contributed by atoms with Gasteiger partial charge in [0.15, 0.2) is 5.65 Å². The van der Waals surface area contributed by atoms with Crippen LogP contribution in [0.2, 0.25) is 0 Å². The van der Waals surface area contributed by atoms with E-state index in [1.54, 1.807) is 11.8 Å². The van der Waals surface area contributed by atoms with E-state index in [0.717, 1.165) is 52.3 Å². The molecule has 8 nitrogen and oxygen atoms in total. The van der Waals surface area contributed by atoms with Gasteiger partial charge < -0.3 is 19.7 Å². The molecular weight excluding hydrogens is 394 g/mol. The molecule has 4 rings (SSSR count). The molecule has 1 fully saturated rings. The zero-order valence-electron chi connectivity index (χ0n) is 18.6. The number of methoxy groups -OCH3 is 1. The summed E-state index contributed by atoms with van der Waals surface area (Å²) in [6, 6.07) is 7.94. The van der Waals surface area contributed by atoms with Crippen molar-refractivity contribution in [3.05, 3.63) is 41.1 Å². The minimum Gasteiger partial charge on any atom is -0.479 e. The fraction of sp³-hybridized carbons (Fsp3) is 0.435. The summed E-state index contributed by atoms with van der Waals surface area (Å²) in [4.78, 5) is 19.8. The Kier molecular flexibility index (Phi) is 6.08. The minimum absolute atomic E-state index is 0.0160. The predicted molar refractivity (Wildman–Crippen MR) is 121 cm³/mol. The molecule has 0 unspecified atom stereocenters. The molecule has 1 aromatic carbocycles. The van der Waals surface area contributed by atoms with Gasteiger partial charge in [-0.15, -0.1) is 5.10 Å². The molecular formula is C23H29N5O3. The number of pyridine rings is 1. The number of aryl methyl sites for hydroxylation is 3. The van der Waals surface area contributed by atoms with Crippen LogP contribution < -0.4 is 15.0 Å². The normalized spacial score (nSPS) is 14.1. The van der Waals surface area contributed by atoms with E-state index in [1.165, 1.54) is 0 Å². The Hall–Kier alpha value is -3.13. The van der Waals surface area contributed by atoms with Crippen molar-refractivity contribution in [1.29, 1.82) is 0 Å². The van der Waals surface area contributed by atoms with Gasteiger partial charge in [-0.1, -0.05) is 12.1 Å². The van der Waals surface area contributed by atoms with Crippen molar-refractivity contribution in [3.63, 3.8) is 0 Å². The molecule has 0 aliphatic carbocycles. The second-order valence-electron chi connectivity index (χ2n) is 7.80. The predicted octanol–water partition coefficient (Wildman–Crippen LogP) is 3.00. The molecule has 1 aliphatic heterocycles. The SMILES string of the molecule is COc1nn(C)c2nc(C)c(CCC(=O)Nc3ccccc3N3CCOCC3)c(C)c12. The monoisotopic (exact) mass is 423 g/mol. The Bertz CT molecular complexity index is 1100. The molecule has 31 heavy (non-hydrogen) atoms. The van der Waals surface area contributed by atoms with Gasteiger partial charge in [0, 0.05) is 32.3 Å². The highest BCUT2D eigenvalue weighted by atomic mass is 16.5. The van der Waals surface area contributed by atoms with Gasteiger partial charge in [0.25, 0.3) is 0 Å². The number of carbonyl (C=O) groups is 1. The first-order valence-electron chi connectivity index (χ1n) is 10.6. The van der Waals surface area contributed by atoms with Crippen LogP contribution >= 0.6 is 0 Å². The molecule has 1 aliphatic rings. The number of nitrogens with one attached hydrogen (secondary N) is 1. The van der Waals surface area contributed by atoms with Gasteiger partial charge in [-0.2, -0.15) is 0 Å². The summed E-state index contributed by atoms with van der Waals surface area (Å²) in [6.07, 6.45) is 0.971. The molecule has 0 saturated carbocycles. The highest BCUT2D eigenvalue weighted by molar-refractivity contribution is 5.94. The lowest BCUT2D eigenvalue weighted by Gasteiger charge is -2.30.